The molecule has 1 heterocycles. The molecule has 0 saturated heterocycles. The zero-order chi connectivity index (χ0) is 23.4. The van der Waals surface area contributed by atoms with Crippen LogP contribution in [0.3, 0.4) is 0 Å². The molecule has 1 N–H and O–H groups in total. The number of nitrogens with zero attached hydrogens (tertiary/aromatic N) is 3. The van der Waals surface area contributed by atoms with Crippen molar-refractivity contribution in [2.24, 2.45) is 0 Å². The molecule has 4 rings (SSSR count). The second-order valence-electron chi connectivity index (χ2n) is 7.45. The Balaban J connectivity index is 1.61. The van der Waals surface area contributed by atoms with Crippen molar-refractivity contribution < 1.29 is 9.53 Å². The minimum absolute atomic E-state index is 0.103. The molecule has 0 aliphatic rings. The molecule has 6 nitrogen and oxygen atoms in total. The van der Waals surface area contributed by atoms with E-state index in [0.717, 1.165) is 33.8 Å². The molecule has 0 spiro atoms. The fourth-order valence-electron chi connectivity index (χ4n) is 3.43. The topological polar surface area (TPSA) is 69.0 Å². The number of methoxy groups -OCH3 is 1. The third kappa shape index (κ3) is 5.21. The smallest absolute Gasteiger partial charge is 0.234 e. The van der Waals surface area contributed by atoms with Crippen LogP contribution >= 0.6 is 23.4 Å². The summed E-state index contributed by atoms with van der Waals surface area (Å²) in [5, 5.41) is 13.1. The predicted molar refractivity (Wildman–Crippen MR) is 134 cm³/mol. The number of anilines is 1. The average Bonchev–Trinajstić information content (AvgIpc) is 3.24. The fourth-order valence-corrected chi connectivity index (χ4v) is 4.31. The quantitative estimate of drug-likeness (QED) is 0.333. The van der Waals surface area contributed by atoms with Crippen LogP contribution in [0.25, 0.3) is 17.1 Å². The highest BCUT2D eigenvalue weighted by Crippen LogP contribution is 2.30. The SMILES string of the molecule is COc1ccc(-c2nnc(SCC(=O)Nc3c(C)cccc3C)n2-c2ccc(Cl)cc2)cc1. The number of halogens is 1. The number of hydrogen-bond acceptors (Lipinski definition) is 5. The van der Waals surface area contributed by atoms with Gasteiger partial charge in [0.15, 0.2) is 11.0 Å². The van der Waals surface area contributed by atoms with E-state index in [-0.39, 0.29) is 11.7 Å². The number of benzene rings is 3. The van der Waals surface area contributed by atoms with Crippen LogP contribution in [-0.2, 0) is 4.79 Å². The minimum Gasteiger partial charge on any atom is -0.497 e. The zero-order valence-electron chi connectivity index (χ0n) is 18.5. The first kappa shape index (κ1) is 22.9. The van der Waals surface area contributed by atoms with Crippen molar-refractivity contribution >= 4 is 35.0 Å². The van der Waals surface area contributed by atoms with Gasteiger partial charge in [-0.05, 0) is 73.5 Å². The Kier molecular flexibility index (Phi) is 7.01. The third-order valence-electron chi connectivity index (χ3n) is 5.14. The standard InChI is InChI=1S/C25H23ClN4O2S/c1-16-5-4-6-17(2)23(16)27-22(31)15-33-25-29-28-24(18-7-13-21(32-3)14-8-18)30(25)20-11-9-19(26)10-12-20/h4-14H,15H2,1-3H3,(H,27,31). The van der Waals surface area contributed by atoms with E-state index in [9.17, 15) is 4.79 Å². The number of aromatic nitrogens is 3. The molecule has 8 heteroatoms. The molecule has 0 aliphatic carbocycles. The molecular formula is C25H23ClN4O2S. The largest absolute Gasteiger partial charge is 0.497 e. The molecule has 3 aromatic carbocycles. The van der Waals surface area contributed by atoms with Crippen molar-refractivity contribution in [1.82, 2.24) is 14.8 Å². The maximum absolute atomic E-state index is 12.7. The summed E-state index contributed by atoms with van der Waals surface area (Å²) in [4.78, 5) is 12.7. The predicted octanol–water partition coefficient (Wildman–Crippen LogP) is 5.94. The van der Waals surface area contributed by atoms with Crippen LogP contribution in [0.15, 0.2) is 71.9 Å². The molecule has 0 radical (unpaired) electrons. The Morgan fingerprint density at radius 3 is 2.30 bits per heavy atom. The lowest BCUT2D eigenvalue weighted by Gasteiger charge is -2.12. The number of para-hydroxylation sites is 1. The number of aryl methyl sites for hydroxylation is 2. The monoisotopic (exact) mass is 478 g/mol. The molecule has 0 atom stereocenters. The third-order valence-corrected chi connectivity index (χ3v) is 6.33. The highest BCUT2D eigenvalue weighted by atomic mass is 35.5. The Morgan fingerprint density at radius 2 is 1.67 bits per heavy atom. The highest BCUT2D eigenvalue weighted by Gasteiger charge is 2.18. The van der Waals surface area contributed by atoms with Crippen LogP contribution in [0.2, 0.25) is 5.02 Å². The second-order valence-corrected chi connectivity index (χ2v) is 8.83. The van der Waals surface area contributed by atoms with Crippen LogP contribution in [0.1, 0.15) is 11.1 Å². The van der Waals surface area contributed by atoms with E-state index in [1.54, 1.807) is 7.11 Å². The molecule has 33 heavy (non-hydrogen) atoms. The van der Waals surface area contributed by atoms with Crippen LogP contribution in [-0.4, -0.2) is 33.5 Å². The van der Waals surface area contributed by atoms with Gasteiger partial charge in [0.1, 0.15) is 5.75 Å². The molecule has 0 saturated carbocycles. The summed E-state index contributed by atoms with van der Waals surface area (Å²) in [6.07, 6.45) is 0. The summed E-state index contributed by atoms with van der Waals surface area (Å²) < 4.78 is 7.19. The summed E-state index contributed by atoms with van der Waals surface area (Å²) in [5.74, 6) is 1.52. The number of hydrogen-bond donors (Lipinski definition) is 1. The first-order valence-electron chi connectivity index (χ1n) is 10.3. The number of carbonyl (C=O) groups excluding carboxylic acids is 1. The van der Waals surface area contributed by atoms with Gasteiger partial charge in [0.05, 0.1) is 12.9 Å². The Bertz CT molecular complexity index is 1250. The molecule has 0 aliphatic heterocycles. The minimum atomic E-state index is -0.103. The van der Waals surface area contributed by atoms with Crippen LogP contribution in [0.4, 0.5) is 5.69 Å². The van der Waals surface area contributed by atoms with Crippen molar-refractivity contribution in [3.05, 3.63) is 82.9 Å². The van der Waals surface area contributed by atoms with Gasteiger partial charge in [-0.25, -0.2) is 0 Å². The van der Waals surface area contributed by atoms with Crippen molar-refractivity contribution in [1.29, 1.82) is 0 Å². The number of ether oxygens (including phenoxy) is 1. The number of nitrogens with one attached hydrogen (secondary N) is 1. The van der Waals surface area contributed by atoms with Crippen LogP contribution in [0.5, 0.6) is 5.75 Å². The Morgan fingerprint density at radius 1 is 1.00 bits per heavy atom. The average molecular weight is 479 g/mol. The van der Waals surface area contributed by atoms with Gasteiger partial charge in [0, 0.05) is 22.0 Å². The lowest BCUT2D eigenvalue weighted by Crippen LogP contribution is -2.16. The number of carbonyl (C=O) groups is 1. The Labute approximate surface area is 202 Å². The van der Waals surface area contributed by atoms with Gasteiger partial charge in [-0.3, -0.25) is 9.36 Å². The van der Waals surface area contributed by atoms with E-state index in [1.807, 2.05) is 85.1 Å². The highest BCUT2D eigenvalue weighted by molar-refractivity contribution is 7.99. The van der Waals surface area contributed by atoms with Crippen molar-refractivity contribution in [3.8, 4) is 22.8 Å². The lowest BCUT2D eigenvalue weighted by molar-refractivity contribution is -0.113. The maximum Gasteiger partial charge on any atom is 0.234 e. The summed E-state index contributed by atoms with van der Waals surface area (Å²) in [7, 11) is 1.63. The van der Waals surface area contributed by atoms with Crippen molar-refractivity contribution in [3.63, 3.8) is 0 Å². The number of amides is 1. The zero-order valence-corrected chi connectivity index (χ0v) is 20.1. The summed E-state index contributed by atoms with van der Waals surface area (Å²) >= 11 is 7.42. The molecule has 1 aromatic heterocycles. The molecule has 168 valence electrons. The molecule has 0 bridgehead atoms. The normalized spacial score (nSPS) is 10.8. The van der Waals surface area contributed by atoms with Gasteiger partial charge < -0.3 is 10.1 Å². The molecule has 1 amide bonds. The molecule has 4 aromatic rings. The van der Waals surface area contributed by atoms with Crippen LogP contribution < -0.4 is 10.1 Å². The summed E-state index contributed by atoms with van der Waals surface area (Å²) in [5.41, 5.74) is 4.64. The summed E-state index contributed by atoms with van der Waals surface area (Å²) in [6, 6.07) is 21.0. The van der Waals surface area contributed by atoms with Crippen molar-refractivity contribution in [2.75, 3.05) is 18.2 Å². The molecule has 0 fully saturated rings. The molecular weight excluding hydrogens is 456 g/mol. The van der Waals surface area contributed by atoms with Gasteiger partial charge in [-0.2, -0.15) is 0 Å². The van der Waals surface area contributed by atoms with E-state index in [1.165, 1.54) is 11.8 Å². The number of thioether (sulfide) groups is 1. The lowest BCUT2D eigenvalue weighted by atomic mass is 10.1. The van der Waals surface area contributed by atoms with Gasteiger partial charge >= 0.3 is 0 Å². The van der Waals surface area contributed by atoms with Gasteiger partial charge in [-0.15, -0.1) is 10.2 Å². The Hall–Kier alpha value is -3.29. The second kappa shape index (κ2) is 10.1. The van der Waals surface area contributed by atoms with E-state index < -0.39 is 0 Å². The van der Waals surface area contributed by atoms with Crippen molar-refractivity contribution in [2.45, 2.75) is 19.0 Å². The van der Waals surface area contributed by atoms with E-state index >= 15 is 0 Å². The van der Waals surface area contributed by atoms with E-state index in [4.69, 9.17) is 16.3 Å². The first-order valence-corrected chi connectivity index (χ1v) is 11.7. The number of rotatable bonds is 7. The fraction of sp³-hybridized carbons (Fsp3) is 0.160. The molecule has 0 unspecified atom stereocenters. The van der Waals surface area contributed by atoms with Crippen LogP contribution in [0, 0.1) is 13.8 Å². The van der Waals surface area contributed by atoms with Gasteiger partial charge in [0.2, 0.25) is 5.91 Å². The van der Waals surface area contributed by atoms with Gasteiger partial charge in [0.25, 0.3) is 0 Å². The maximum atomic E-state index is 12.7. The summed E-state index contributed by atoms with van der Waals surface area (Å²) in [6.45, 7) is 3.96. The van der Waals surface area contributed by atoms with E-state index in [2.05, 4.69) is 15.5 Å². The first-order chi connectivity index (χ1) is 16.0. The van der Waals surface area contributed by atoms with E-state index in [0.29, 0.717) is 16.0 Å². The van der Waals surface area contributed by atoms with Gasteiger partial charge in [-0.1, -0.05) is 41.6 Å².